The summed E-state index contributed by atoms with van der Waals surface area (Å²) in [6.07, 6.45) is 2.36. The van der Waals surface area contributed by atoms with Gasteiger partial charge in [0.05, 0.1) is 6.54 Å². The van der Waals surface area contributed by atoms with Crippen molar-refractivity contribution in [3.63, 3.8) is 0 Å². The third-order valence-electron chi connectivity index (χ3n) is 3.18. The van der Waals surface area contributed by atoms with Crippen molar-refractivity contribution < 1.29 is 4.79 Å². The third-order valence-corrected chi connectivity index (χ3v) is 4.23. The molecule has 1 aromatic rings. The van der Waals surface area contributed by atoms with Crippen molar-refractivity contribution in [2.75, 3.05) is 13.1 Å². The lowest BCUT2D eigenvalue weighted by atomic mass is 10.2. The van der Waals surface area contributed by atoms with Crippen LogP contribution in [0.3, 0.4) is 0 Å². The molecule has 1 fully saturated rings. The minimum absolute atomic E-state index is 0.235. The molecule has 1 amide bonds. The summed E-state index contributed by atoms with van der Waals surface area (Å²) in [7, 11) is 0. The van der Waals surface area contributed by atoms with E-state index in [0.29, 0.717) is 12.6 Å². The molecule has 0 radical (unpaired) electrons. The van der Waals surface area contributed by atoms with Crippen molar-refractivity contribution in [2.45, 2.75) is 38.8 Å². The lowest BCUT2D eigenvalue weighted by molar-refractivity contribution is -0.130. The Labute approximate surface area is 107 Å². The quantitative estimate of drug-likeness (QED) is 0.843. The Bertz CT molecular complexity index is 360. The smallest absolute Gasteiger partial charge is 0.236 e. The van der Waals surface area contributed by atoms with Crippen molar-refractivity contribution in [1.29, 1.82) is 0 Å². The molecule has 1 aromatic heterocycles. The monoisotopic (exact) mass is 252 g/mol. The highest BCUT2D eigenvalue weighted by atomic mass is 32.1. The average Bonchev–Trinajstić information content (AvgIpc) is 3.00. The maximum Gasteiger partial charge on any atom is 0.236 e. The molecule has 4 heteroatoms. The summed E-state index contributed by atoms with van der Waals surface area (Å²) in [6.45, 7) is 5.44. The fourth-order valence-corrected chi connectivity index (χ4v) is 2.76. The molecule has 0 bridgehead atoms. The Hall–Kier alpha value is -0.870. The van der Waals surface area contributed by atoms with Gasteiger partial charge < -0.3 is 10.2 Å². The van der Waals surface area contributed by atoms with Gasteiger partial charge in [0.15, 0.2) is 0 Å². The second kappa shape index (κ2) is 5.65. The van der Waals surface area contributed by atoms with Gasteiger partial charge in [-0.25, -0.2) is 0 Å². The molecule has 94 valence electrons. The molecule has 1 saturated carbocycles. The van der Waals surface area contributed by atoms with Gasteiger partial charge in [-0.1, -0.05) is 6.07 Å². The Morgan fingerprint density at radius 2 is 2.41 bits per heavy atom. The fraction of sp³-hybridized carbons (Fsp3) is 0.615. The number of thiophene rings is 1. The molecule has 17 heavy (non-hydrogen) atoms. The molecule has 2 rings (SSSR count). The first-order chi connectivity index (χ1) is 8.22. The number of nitrogens with one attached hydrogen (secondary N) is 1. The molecule has 0 aromatic carbocycles. The number of rotatable bonds is 6. The number of likely N-dealkylation sites (N-methyl/N-ethyl adjacent to an activating group) is 1. The largest absolute Gasteiger partial charge is 0.339 e. The average molecular weight is 252 g/mol. The number of hydrogen-bond donors (Lipinski definition) is 1. The van der Waals surface area contributed by atoms with Gasteiger partial charge in [-0.05, 0) is 38.1 Å². The zero-order chi connectivity index (χ0) is 12.3. The zero-order valence-corrected chi connectivity index (χ0v) is 11.3. The summed E-state index contributed by atoms with van der Waals surface area (Å²) >= 11 is 1.73. The van der Waals surface area contributed by atoms with Crippen LogP contribution in [-0.4, -0.2) is 29.9 Å². The Balaban J connectivity index is 1.79. The van der Waals surface area contributed by atoms with E-state index in [1.807, 2.05) is 11.0 Å². The predicted molar refractivity (Wildman–Crippen MR) is 71.1 cm³/mol. The molecular formula is C13H20N2OS. The first-order valence-electron chi connectivity index (χ1n) is 6.28. The maximum absolute atomic E-state index is 12.0. The van der Waals surface area contributed by atoms with Crippen LogP contribution < -0.4 is 5.32 Å². The van der Waals surface area contributed by atoms with Gasteiger partial charge in [0.25, 0.3) is 0 Å². The van der Waals surface area contributed by atoms with Crippen LogP contribution in [0.1, 0.15) is 37.6 Å². The highest BCUT2D eigenvalue weighted by Gasteiger charge is 2.31. The van der Waals surface area contributed by atoms with Gasteiger partial charge in [-0.15, -0.1) is 11.3 Å². The van der Waals surface area contributed by atoms with E-state index in [4.69, 9.17) is 0 Å². The van der Waals surface area contributed by atoms with E-state index >= 15 is 0 Å². The van der Waals surface area contributed by atoms with E-state index in [2.05, 4.69) is 30.6 Å². The van der Waals surface area contributed by atoms with Gasteiger partial charge in [0.2, 0.25) is 5.91 Å². The molecule has 0 saturated heterocycles. The molecule has 3 nitrogen and oxygen atoms in total. The van der Waals surface area contributed by atoms with Crippen molar-refractivity contribution in [1.82, 2.24) is 10.2 Å². The van der Waals surface area contributed by atoms with E-state index in [1.165, 1.54) is 17.7 Å². The van der Waals surface area contributed by atoms with Gasteiger partial charge in [-0.2, -0.15) is 0 Å². The molecule has 1 aliphatic rings. The van der Waals surface area contributed by atoms with Gasteiger partial charge >= 0.3 is 0 Å². The number of carbonyl (C=O) groups excluding carboxylic acids is 1. The topological polar surface area (TPSA) is 32.3 Å². The first-order valence-corrected chi connectivity index (χ1v) is 7.16. The summed E-state index contributed by atoms with van der Waals surface area (Å²) in [6, 6.07) is 4.93. The van der Waals surface area contributed by atoms with Crippen LogP contribution in [0.25, 0.3) is 0 Å². The minimum atomic E-state index is 0.235. The molecule has 1 atom stereocenters. The van der Waals surface area contributed by atoms with E-state index in [1.54, 1.807) is 11.3 Å². The number of nitrogens with zero attached hydrogens (tertiary/aromatic N) is 1. The predicted octanol–water partition coefficient (Wildman–Crippen LogP) is 2.41. The van der Waals surface area contributed by atoms with Crippen LogP contribution in [0, 0.1) is 0 Å². The van der Waals surface area contributed by atoms with Crippen LogP contribution in [0.4, 0.5) is 0 Å². The van der Waals surface area contributed by atoms with Crippen LogP contribution in [0.5, 0.6) is 0 Å². The SMILES string of the molecule is CCN(C(=O)CNC(C)c1cccs1)C1CC1. The van der Waals surface area contributed by atoms with E-state index < -0.39 is 0 Å². The second-order valence-electron chi connectivity index (χ2n) is 4.53. The molecule has 1 heterocycles. The molecular weight excluding hydrogens is 232 g/mol. The minimum Gasteiger partial charge on any atom is -0.339 e. The van der Waals surface area contributed by atoms with Crippen LogP contribution >= 0.6 is 11.3 Å². The summed E-state index contributed by atoms with van der Waals surface area (Å²) in [5.41, 5.74) is 0. The number of amides is 1. The summed E-state index contributed by atoms with van der Waals surface area (Å²) in [4.78, 5) is 15.3. The second-order valence-corrected chi connectivity index (χ2v) is 5.51. The molecule has 1 N–H and O–H groups in total. The molecule has 0 spiro atoms. The van der Waals surface area contributed by atoms with Crippen molar-refractivity contribution in [2.24, 2.45) is 0 Å². The van der Waals surface area contributed by atoms with E-state index in [-0.39, 0.29) is 11.9 Å². The maximum atomic E-state index is 12.0. The van der Waals surface area contributed by atoms with Crippen LogP contribution in [0.15, 0.2) is 17.5 Å². The van der Waals surface area contributed by atoms with Gasteiger partial charge in [0.1, 0.15) is 0 Å². The Kier molecular flexibility index (Phi) is 4.18. The Morgan fingerprint density at radius 1 is 1.65 bits per heavy atom. The highest BCUT2D eigenvalue weighted by molar-refractivity contribution is 7.10. The summed E-state index contributed by atoms with van der Waals surface area (Å²) in [5.74, 6) is 0.235. The standard InChI is InChI=1S/C13H20N2OS/c1-3-15(11-6-7-11)13(16)9-14-10(2)12-5-4-8-17-12/h4-5,8,10-11,14H,3,6-7,9H2,1-2H3. The molecule has 1 unspecified atom stereocenters. The molecule has 0 aliphatic heterocycles. The third kappa shape index (κ3) is 3.30. The van der Waals surface area contributed by atoms with Crippen molar-refractivity contribution in [3.8, 4) is 0 Å². The zero-order valence-electron chi connectivity index (χ0n) is 10.5. The molecule has 1 aliphatic carbocycles. The highest BCUT2D eigenvalue weighted by Crippen LogP contribution is 2.26. The van der Waals surface area contributed by atoms with Gasteiger partial charge in [-0.3, -0.25) is 4.79 Å². The first kappa shape index (κ1) is 12.6. The normalized spacial score (nSPS) is 16.8. The number of hydrogen-bond acceptors (Lipinski definition) is 3. The summed E-state index contributed by atoms with van der Waals surface area (Å²) < 4.78 is 0. The van der Waals surface area contributed by atoms with Crippen molar-refractivity contribution >= 4 is 17.2 Å². The number of carbonyl (C=O) groups is 1. The van der Waals surface area contributed by atoms with Crippen molar-refractivity contribution in [3.05, 3.63) is 22.4 Å². The lowest BCUT2D eigenvalue weighted by Crippen LogP contribution is -2.40. The summed E-state index contributed by atoms with van der Waals surface area (Å²) in [5, 5.41) is 5.37. The van der Waals surface area contributed by atoms with E-state index in [9.17, 15) is 4.79 Å². The Morgan fingerprint density at radius 3 is 2.94 bits per heavy atom. The fourth-order valence-electron chi connectivity index (χ4n) is 2.00. The van der Waals surface area contributed by atoms with E-state index in [0.717, 1.165) is 6.54 Å². The van der Waals surface area contributed by atoms with Gasteiger partial charge in [0, 0.05) is 23.5 Å². The lowest BCUT2D eigenvalue weighted by Gasteiger charge is -2.21. The van der Waals surface area contributed by atoms with Crippen LogP contribution in [0.2, 0.25) is 0 Å². The van der Waals surface area contributed by atoms with Crippen LogP contribution in [-0.2, 0) is 4.79 Å².